The van der Waals surface area contributed by atoms with Gasteiger partial charge in [0.15, 0.2) is 11.5 Å². The summed E-state index contributed by atoms with van der Waals surface area (Å²) in [6.45, 7) is 3.35. The lowest BCUT2D eigenvalue weighted by Crippen LogP contribution is -2.24. The van der Waals surface area contributed by atoms with Crippen molar-refractivity contribution >= 4 is 0 Å². The molecule has 3 heteroatoms. The van der Waals surface area contributed by atoms with Crippen molar-refractivity contribution in [2.45, 2.75) is 32.2 Å². The van der Waals surface area contributed by atoms with Crippen molar-refractivity contribution in [3.8, 4) is 11.5 Å². The number of methoxy groups -OCH3 is 2. The Balaban J connectivity index is 2.12. The van der Waals surface area contributed by atoms with Gasteiger partial charge in [-0.2, -0.15) is 0 Å². The molecule has 1 heterocycles. The van der Waals surface area contributed by atoms with E-state index in [4.69, 9.17) is 9.47 Å². The number of hydrogen-bond donors (Lipinski definition) is 0. The van der Waals surface area contributed by atoms with E-state index in [1.54, 1.807) is 14.2 Å². The third-order valence-electron chi connectivity index (χ3n) is 3.58. The Labute approximate surface area is 110 Å². The first-order valence-electron chi connectivity index (χ1n) is 6.77. The van der Waals surface area contributed by atoms with Gasteiger partial charge in [-0.05, 0) is 32.0 Å². The summed E-state index contributed by atoms with van der Waals surface area (Å²) in [6, 6.07) is 6.12. The van der Waals surface area contributed by atoms with Crippen molar-refractivity contribution in [3.05, 3.63) is 23.8 Å². The van der Waals surface area contributed by atoms with Gasteiger partial charge in [0.2, 0.25) is 0 Å². The van der Waals surface area contributed by atoms with Crippen molar-refractivity contribution < 1.29 is 9.47 Å². The van der Waals surface area contributed by atoms with Gasteiger partial charge in [0.25, 0.3) is 0 Å². The van der Waals surface area contributed by atoms with E-state index >= 15 is 0 Å². The first-order valence-corrected chi connectivity index (χ1v) is 6.77. The van der Waals surface area contributed by atoms with Gasteiger partial charge in [0, 0.05) is 12.1 Å². The highest BCUT2D eigenvalue weighted by molar-refractivity contribution is 5.46. The maximum atomic E-state index is 5.49. The van der Waals surface area contributed by atoms with Crippen LogP contribution in [0.2, 0.25) is 0 Å². The summed E-state index contributed by atoms with van der Waals surface area (Å²) in [5, 5.41) is 0. The summed E-state index contributed by atoms with van der Waals surface area (Å²) in [5.74, 6) is 1.70. The van der Waals surface area contributed by atoms with Crippen LogP contribution in [0, 0.1) is 0 Å². The quantitative estimate of drug-likeness (QED) is 0.818. The number of para-hydroxylation sites is 1. The molecule has 0 N–H and O–H groups in total. The van der Waals surface area contributed by atoms with Crippen molar-refractivity contribution in [1.82, 2.24) is 4.90 Å². The molecule has 1 saturated heterocycles. The molecule has 1 aromatic carbocycles. The minimum absolute atomic E-state index is 0.824. The Kier molecular flexibility index (Phi) is 4.88. The molecule has 0 atom stereocenters. The predicted molar refractivity (Wildman–Crippen MR) is 73.3 cm³/mol. The van der Waals surface area contributed by atoms with Crippen molar-refractivity contribution in [3.63, 3.8) is 0 Å². The number of hydrogen-bond acceptors (Lipinski definition) is 3. The Morgan fingerprint density at radius 3 is 2.33 bits per heavy atom. The molecule has 1 aliphatic heterocycles. The lowest BCUT2D eigenvalue weighted by atomic mass is 10.1. The van der Waals surface area contributed by atoms with E-state index in [-0.39, 0.29) is 0 Å². The Hall–Kier alpha value is -1.22. The summed E-state index contributed by atoms with van der Waals surface area (Å²) in [7, 11) is 3.40. The second-order valence-electron chi connectivity index (χ2n) is 4.84. The Morgan fingerprint density at radius 2 is 1.72 bits per heavy atom. The van der Waals surface area contributed by atoms with Gasteiger partial charge in [-0.15, -0.1) is 0 Å². The molecule has 1 fully saturated rings. The van der Waals surface area contributed by atoms with Crippen LogP contribution >= 0.6 is 0 Å². The zero-order valence-corrected chi connectivity index (χ0v) is 11.4. The van der Waals surface area contributed by atoms with E-state index in [1.807, 2.05) is 12.1 Å². The molecule has 0 aromatic heterocycles. The van der Waals surface area contributed by atoms with E-state index in [0.717, 1.165) is 18.0 Å². The topological polar surface area (TPSA) is 21.7 Å². The number of nitrogens with zero attached hydrogens (tertiary/aromatic N) is 1. The average Bonchev–Trinajstić information content (AvgIpc) is 2.67. The second-order valence-corrected chi connectivity index (χ2v) is 4.84. The van der Waals surface area contributed by atoms with Crippen LogP contribution in [0.5, 0.6) is 11.5 Å². The third kappa shape index (κ3) is 3.16. The van der Waals surface area contributed by atoms with Crippen LogP contribution < -0.4 is 9.47 Å². The summed E-state index contributed by atoms with van der Waals surface area (Å²) >= 11 is 0. The standard InChI is InChI=1S/C15H23NO2/c1-17-14-9-7-8-13(15(14)18-2)12-16-10-5-3-4-6-11-16/h7-9H,3-6,10-12H2,1-2H3. The first-order chi connectivity index (χ1) is 8.85. The van der Waals surface area contributed by atoms with Crippen molar-refractivity contribution in [2.75, 3.05) is 27.3 Å². The Morgan fingerprint density at radius 1 is 1.00 bits per heavy atom. The minimum atomic E-state index is 0.824. The molecule has 0 amide bonds. The number of rotatable bonds is 4. The Bertz CT molecular complexity index is 371. The summed E-state index contributed by atoms with van der Waals surface area (Å²) in [6.07, 6.45) is 5.36. The summed E-state index contributed by atoms with van der Waals surface area (Å²) < 4.78 is 10.8. The minimum Gasteiger partial charge on any atom is -0.493 e. The molecular formula is C15H23NO2. The number of ether oxygens (including phenoxy) is 2. The fourth-order valence-corrected chi connectivity index (χ4v) is 2.61. The van der Waals surface area contributed by atoms with Gasteiger partial charge in [-0.1, -0.05) is 25.0 Å². The molecule has 1 aromatic rings. The van der Waals surface area contributed by atoms with Crippen molar-refractivity contribution in [1.29, 1.82) is 0 Å². The molecule has 18 heavy (non-hydrogen) atoms. The van der Waals surface area contributed by atoms with Crippen LogP contribution in [0.15, 0.2) is 18.2 Å². The largest absolute Gasteiger partial charge is 0.493 e. The van der Waals surface area contributed by atoms with E-state index in [2.05, 4.69) is 11.0 Å². The molecule has 0 spiro atoms. The molecule has 2 rings (SSSR count). The average molecular weight is 249 g/mol. The fourth-order valence-electron chi connectivity index (χ4n) is 2.61. The second kappa shape index (κ2) is 6.64. The van der Waals surface area contributed by atoms with Gasteiger partial charge >= 0.3 is 0 Å². The molecule has 0 aliphatic carbocycles. The molecule has 0 radical (unpaired) electrons. The molecule has 100 valence electrons. The number of benzene rings is 1. The van der Waals surface area contributed by atoms with Gasteiger partial charge in [0.05, 0.1) is 14.2 Å². The predicted octanol–water partition coefficient (Wildman–Crippen LogP) is 3.08. The van der Waals surface area contributed by atoms with Crippen LogP contribution in [-0.2, 0) is 6.54 Å². The zero-order valence-electron chi connectivity index (χ0n) is 11.4. The highest BCUT2D eigenvalue weighted by atomic mass is 16.5. The summed E-state index contributed by atoms with van der Waals surface area (Å²) in [4.78, 5) is 2.52. The van der Waals surface area contributed by atoms with E-state index in [0.29, 0.717) is 0 Å². The van der Waals surface area contributed by atoms with Crippen molar-refractivity contribution in [2.24, 2.45) is 0 Å². The normalized spacial score (nSPS) is 17.2. The van der Waals surface area contributed by atoms with Gasteiger partial charge in [-0.3, -0.25) is 4.90 Å². The van der Waals surface area contributed by atoms with Crippen LogP contribution in [0.1, 0.15) is 31.2 Å². The highest BCUT2D eigenvalue weighted by Gasteiger charge is 2.14. The zero-order chi connectivity index (χ0) is 12.8. The maximum absolute atomic E-state index is 5.49. The van der Waals surface area contributed by atoms with Crippen LogP contribution in [0.4, 0.5) is 0 Å². The van der Waals surface area contributed by atoms with Crippen LogP contribution in [0.25, 0.3) is 0 Å². The molecule has 1 aliphatic rings. The third-order valence-corrected chi connectivity index (χ3v) is 3.58. The smallest absolute Gasteiger partial charge is 0.165 e. The summed E-state index contributed by atoms with van der Waals surface area (Å²) in [5.41, 5.74) is 1.22. The number of likely N-dealkylation sites (tertiary alicyclic amines) is 1. The van der Waals surface area contributed by atoms with Crippen LogP contribution in [-0.4, -0.2) is 32.2 Å². The lowest BCUT2D eigenvalue weighted by molar-refractivity contribution is 0.269. The van der Waals surface area contributed by atoms with E-state index in [1.165, 1.54) is 44.3 Å². The van der Waals surface area contributed by atoms with Crippen LogP contribution in [0.3, 0.4) is 0 Å². The van der Waals surface area contributed by atoms with Gasteiger partial charge in [0.1, 0.15) is 0 Å². The van der Waals surface area contributed by atoms with Gasteiger partial charge in [-0.25, -0.2) is 0 Å². The van der Waals surface area contributed by atoms with E-state index in [9.17, 15) is 0 Å². The SMILES string of the molecule is COc1cccc(CN2CCCCCC2)c1OC. The molecule has 3 nitrogen and oxygen atoms in total. The lowest BCUT2D eigenvalue weighted by Gasteiger charge is -2.21. The molecule has 0 unspecified atom stereocenters. The van der Waals surface area contributed by atoms with E-state index < -0.39 is 0 Å². The highest BCUT2D eigenvalue weighted by Crippen LogP contribution is 2.31. The molecular weight excluding hydrogens is 226 g/mol. The van der Waals surface area contributed by atoms with Gasteiger partial charge < -0.3 is 9.47 Å². The monoisotopic (exact) mass is 249 g/mol. The fraction of sp³-hybridized carbons (Fsp3) is 0.600. The maximum Gasteiger partial charge on any atom is 0.165 e. The molecule has 0 bridgehead atoms. The first kappa shape index (κ1) is 13.2. The molecule has 0 saturated carbocycles.